The molecule has 1 N–H and O–H groups in total. The highest BCUT2D eigenvalue weighted by Crippen LogP contribution is 2.22. The fourth-order valence-corrected chi connectivity index (χ4v) is 3.01. The van der Waals surface area contributed by atoms with Crippen molar-refractivity contribution in [3.05, 3.63) is 96.2 Å². The molecule has 0 aliphatic rings. The van der Waals surface area contributed by atoms with E-state index in [-0.39, 0.29) is 11.7 Å². The Kier molecular flexibility index (Phi) is 4.78. The maximum Gasteiger partial charge on any atom is 0.261 e. The number of carbonyl (C=O) groups excluding carboxylic acids is 2. The molecule has 1 amide bonds. The van der Waals surface area contributed by atoms with E-state index in [1.807, 2.05) is 12.1 Å². The molecule has 4 rings (SSSR count). The molecule has 0 fully saturated rings. The Balaban J connectivity index is 1.72. The van der Waals surface area contributed by atoms with Crippen LogP contribution in [0.15, 0.2) is 79.3 Å². The molecule has 29 heavy (non-hydrogen) atoms. The molecule has 0 saturated heterocycles. The zero-order chi connectivity index (χ0) is 20.4. The van der Waals surface area contributed by atoms with Gasteiger partial charge in [0.05, 0.1) is 11.9 Å². The van der Waals surface area contributed by atoms with Crippen molar-refractivity contribution >= 4 is 17.4 Å². The van der Waals surface area contributed by atoms with Gasteiger partial charge in [0.2, 0.25) is 0 Å². The van der Waals surface area contributed by atoms with Gasteiger partial charge in [-0.1, -0.05) is 6.07 Å². The lowest BCUT2D eigenvalue weighted by molar-refractivity contribution is 0.101. The number of rotatable bonds is 5. The SMILES string of the molecule is CC(=O)c1ccc(NC(=O)c2cnn(-c3cccc(F)c3)c2-n2cccc2)cc1. The van der Waals surface area contributed by atoms with Gasteiger partial charge < -0.3 is 9.88 Å². The Morgan fingerprint density at radius 1 is 1.00 bits per heavy atom. The molecule has 2 heterocycles. The highest BCUT2D eigenvalue weighted by molar-refractivity contribution is 6.06. The van der Waals surface area contributed by atoms with E-state index in [0.29, 0.717) is 28.3 Å². The number of hydrogen-bond donors (Lipinski definition) is 1. The van der Waals surface area contributed by atoms with Crippen LogP contribution in [0.25, 0.3) is 11.5 Å². The summed E-state index contributed by atoms with van der Waals surface area (Å²) in [7, 11) is 0. The number of nitrogens with one attached hydrogen (secondary N) is 1. The summed E-state index contributed by atoms with van der Waals surface area (Å²) in [5.74, 6) is -0.326. The topological polar surface area (TPSA) is 68.9 Å². The number of anilines is 1. The molecule has 0 spiro atoms. The zero-order valence-corrected chi connectivity index (χ0v) is 15.5. The largest absolute Gasteiger partial charge is 0.322 e. The third-order valence-corrected chi connectivity index (χ3v) is 4.44. The van der Waals surface area contributed by atoms with Crippen molar-refractivity contribution in [3.8, 4) is 11.5 Å². The van der Waals surface area contributed by atoms with Gasteiger partial charge in [0, 0.05) is 23.6 Å². The van der Waals surface area contributed by atoms with Gasteiger partial charge in [-0.15, -0.1) is 0 Å². The Hall–Kier alpha value is -4.00. The van der Waals surface area contributed by atoms with Crippen LogP contribution >= 0.6 is 0 Å². The summed E-state index contributed by atoms with van der Waals surface area (Å²) >= 11 is 0. The molecule has 2 aromatic carbocycles. The molecule has 6 nitrogen and oxygen atoms in total. The number of Topliss-reactive ketones (excluding diaryl/α,β-unsaturated/α-hetero) is 1. The lowest BCUT2D eigenvalue weighted by atomic mass is 10.1. The zero-order valence-electron chi connectivity index (χ0n) is 15.5. The smallest absolute Gasteiger partial charge is 0.261 e. The van der Waals surface area contributed by atoms with Crippen LogP contribution in [-0.4, -0.2) is 26.0 Å². The summed E-state index contributed by atoms with van der Waals surface area (Å²) in [4.78, 5) is 24.4. The minimum atomic E-state index is -0.395. The molecule has 144 valence electrons. The number of benzene rings is 2. The normalized spacial score (nSPS) is 10.7. The molecule has 0 aliphatic heterocycles. The van der Waals surface area contributed by atoms with Crippen LogP contribution in [0.3, 0.4) is 0 Å². The second kappa shape index (κ2) is 7.55. The minimum Gasteiger partial charge on any atom is -0.322 e. The van der Waals surface area contributed by atoms with E-state index >= 15 is 0 Å². The Labute approximate surface area is 166 Å². The van der Waals surface area contributed by atoms with Crippen molar-refractivity contribution in [2.45, 2.75) is 6.92 Å². The van der Waals surface area contributed by atoms with Gasteiger partial charge in [0.25, 0.3) is 5.91 Å². The highest BCUT2D eigenvalue weighted by Gasteiger charge is 2.20. The standard InChI is InChI=1S/C22H17FN4O2/c1-15(28)16-7-9-18(10-8-16)25-21(29)20-14-24-27(19-6-4-5-17(23)13-19)22(20)26-11-2-3-12-26/h2-14H,1H3,(H,25,29). The van der Waals surface area contributed by atoms with Crippen molar-refractivity contribution in [1.82, 2.24) is 14.3 Å². The van der Waals surface area contributed by atoms with E-state index in [0.717, 1.165) is 0 Å². The Morgan fingerprint density at radius 3 is 2.38 bits per heavy atom. The minimum absolute atomic E-state index is 0.0471. The van der Waals surface area contributed by atoms with E-state index in [2.05, 4.69) is 10.4 Å². The van der Waals surface area contributed by atoms with E-state index in [4.69, 9.17) is 0 Å². The summed E-state index contributed by atoms with van der Waals surface area (Å²) in [6.07, 6.45) is 5.01. The van der Waals surface area contributed by atoms with Gasteiger partial charge in [-0.25, -0.2) is 9.07 Å². The van der Waals surface area contributed by atoms with Crippen molar-refractivity contribution in [2.75, 3.05) is 5.32 Å². The first-order chi connectivity index (χ1) is 14.0. The summed E-state index contributed by atoms with van der Waals surface area (Å²) in [5, 5.41) is 7.12. The van der Waals surface area contributed by atoms with Crippen molar-refractivity contribution in [2.24, 2.45) is 0 Å². The quantitative estimate of drug-likeness (QED) is 0.520. The molecular formula is C22H17FN4O2. The van der Waals surface area contributed by atoms with Crippen molar-refractivity contribution in [1.29, 1.82) is 0 Å². The molecule has 4 aromatic rings. The third-order valence-electron chi connectivity index (χ3n) is 4.44. The molecular weight excluding hydrogens is 371 g/mol. The van der Waals surface area contributed by atoms with Crippen LogP contribution in [0.5, 0.6) is 0 Å². The summed E-state index contributed by atoms with van der Waals surface area (Å²) < 4.78 is 17.0. The molecule has 0 aliphatic carbocycles. The first-order valence-electron chi connectivity index (χ1n) is 8.92. The number of carbonyl (C=O) groups is 2. The number of halogens is 1. The lowest BCUT2D eigenvalue weighted by Crippen LogP contribution is -2.15. The molecule has 2 aromatic heterocycles. The van der Waals surface area contributed by atoms with Gasteiger partial charge in [-0.2, -0.15) is 5.10 Å². The second-order valence-electron chi connectivity index (χ2n) is 6.45. The van der Waals surface area contributed by atoms with Gasteiger partial charge in [0.15, 0.2) is 11.6 Å². The van der Waals surface area contributed by atoms with E-state index < -0.39 is 5.82 Å². The molecule has 0 atom stereocenters. The van der Waals surface area contributed by atoms with Crippen LogP contribution in [0, 0.1) is 5.82 Å². The van der Waals surface area contributed by atoms with Crippen molar-refractivity contribution in [3.63, 3.8) is 0 Å². The predicted molar refractivity (Wildman–Crippen MR) is 107 cm³/mol. The highest BCUT2D eigenvalue weighted by atomic mass is 19.1. The van der Waals surface area contributed by atoms with Crippen LogP contribution in [0.1, 0.15) is 27.6 Å². The molecule has 0 unspecified atom stereocenters. The van der Waals surface area contributed by atoms with Crippen LogP contribution in [-0.2, 0) is 0 Å². The van der Waals surface area contributed by atoms with Crippen molar-refractivity contribution < 1.29 is 14.0 Å². The van der Waals surface area contributed by atoms with E-state index in [9.17, 15) is 14.0 Å². The van der Waals surface area contributed by atoms with Crippen LogP contribution in [0.4, 0.5) is 10.1 Å². The van der Waals surface area contributed by atoms with Gasteiger partial charge in [-0.05, 0) is 61.5 Å². The van der Waals surface area contributed by atoms with Crippen LogP contribution in [0.2, 0.25) is 0 Å². The summed E-state index contributed by atoms with van der Waals surface area (Å²) in [5.41, 5.74) is 1.94. The summed E-state index contributed by atoms with van der Waals surface area (Å²) in [6, 6.07) is 16.3. The Morgan fingerprint density at radius 2 is 1.72 bits per heavy atom. The predicted octanol–water partition coefficient (Wildman–Crippen LogP) is 4.26. The maximum absolute atomic E-state index is 13.7. The van der Waals surface area contributed by atoms with E-state index in [1.165, 1.54) is 29.9 Å². The number of ketones is 1. The average Bonchev–Trinajstić information content (AvgIpc) is 3.38. The first-order valence-corrected chi connectivity index (χ1v) is 8.92. The van der Waals surface area contributed by atoms with Crippen LogP contribution < -0.4 is 5.32 Å². The second-order valence-corrected chi connectivity index (χ2v) is 6.45. The molecule has 0 radical (unpaired) electrons. The van der Waals surface area contributed by atoms with Gasteiger partial charge >= 0.3 is 0 Å². The fourth-order valence-electron chi connectivity index (χ4n) is 3.01. The summed E-state index contributed by atoms with van der Waals surface area (Å²) in [6.45, 7) is 1.48. The maximum atomic E-state index is 13.7. The average molecular weight is 388 g/mol. The number of nitrogens with zero attached hydrogens (tertiary/aromatic N) is 3. The number of amides is 1. The Bertz CT molecular complexity index is 1180. The number of aromatic nitrogens is 3. The fraction of sp³-hybridized carbons (Fsp3) is 0.0455. The molecule has 0 saturated carbocycles. The van der Waals surface area contributed by atoms with Gasteiger partial charge in [0.1, 0.15) is 11.4 Å². The number of hydrogen-bond acceptors (Lipinski definition) is 3. The monoisotopic (exact) mass is 388 g/mol. The molecule has 7 heteroatoms. The molecule has 0 bridgehead atoms. The first kappa shape index (κ1) is 18.4. The van der Waals surface area contributed by atoms with E-state index in [1.54, 1.807) is 53.4 Å². The third kappa shape index (κ3) is 3.70. The lowest BCUT2D eigenvalue weighted by Gasteiger charge is -2.11. The van der Waals surface area contributed by atoms with Gasteiger partial charge in [-0.3, -0.25) is 9.59 Å².